The second-order valence-corrected chi connectivity index (χ2v) is 20.5. The van der Waals surface area contributed by atoms with Crippen molar-refractivity contribution in [2.45, 2.75) is 101 Å². The molecule has 1 unspecified atom stereocenters. The van der Waals surface area contributed by atoms with E-state index in [9.17, 15) is 32.2 Å². The highest BCUT2D eigenvalue weighted by molar-refractivity contribution is 7.59. The molecular formula is C47H52F3N6O6PS. The van der Waals surface area contributed by atoms with E-state index in [1.807, 2.05) is 43.5 Å². The largest absolute Gasteiger partial charge is 0.497 e. The monoisotopic (exact) mass is 916 g/mol. The third-order valence-corrected chi connectivity index (χ3v) is 15.5. The summed E-state index contributed by atoms with van der Waals surface area (Å²) in [5.74, 6) is -0.387. The fourth-order valence-corrected chi connectivity index (χ4v) is 11.9. The van der Waals surface area contributed by atoms with Gasteiger partial charge >= 0.3 is 6.18 Å². The molecule has 0 radical (unpaired) electrons. The fourth-order valence-electron chi connectivity index (χ4n) is 8.66. The molecule has 3 aliphatic rings. The summed E-state index contributed by atoms with van der Waals surface area (Å²) in [6.07, 6.45) is 2.03. The minimum Gasteiger partial charge on any atom is -0.497 e. The number of benzene rings is 3. The lowest BCUT2D eigenvalue weighted by atomic mass is 10.0. The van der Waals surface area contributed by atoms with Gasteiger partial charge in [0.05, 0.1) is 36.6 Å². The van der Waals surface area contributed by atoms with Crippen molar-refractivity contribution >= 4 is 52.2 Å². The number of hydrogen-bond donors (Lipinski definition) is 4. The minimum atomic E-state index is -4.53. The molecule has 1 saturated carbocycles. The Labute approximate surface area is 374 Å². The van der Waals surface area contributed by atoms with Gasteiger partial charge in [-0.2, -0.15) is 13.2 Å². The van der Waals surface area contributed by atoms with Crippen molar-refractivity contribution < 1.29 is 41.7 Å². The van der Waals surface area contributed by atoms with E-state index in [2.05, 4.69) is 16.0 Å². The number of nitrogens with one attached hydrogen (secondary N) is 3. The molecule has 2 amide bonds. The number of anilines is 2. The van der Waals surface area contributed by atoms with Gasteiger partial charge < -0.3 is 35.2 Å². The average Bonchev–Trinajstić information content (AvgIpc) is 3.53. The summed E-state index contributed by atoms with van der Waals surface area (Å²) in [5.41, 5.74) is 1.91. The topological polar surface area (TPSA) is 155 Å². The predicted molar refractivity (Wildman–Crippen MR) is 243 cm³/mol. The summed E-state index contributed by atoms with van der Waals surface area (Å²) in [7, 11) is -2.54. The van der Waals surface area contributed by atoms with Crippen LogP contribution in [0.4, 0.5) is 24.0 Å². The molecule has 338 valence electrons. The number of rotatable bonds is 11. The van der Waals surface area contributed by atoms with E-state index in [0.717, 1.165) is 30.1 Å². The van der Waals surface area contributed by atoms with Gasteiger partial charge in [0.2, 0.25) is 19.2 Å². The summed E-state index contributed by atoms with van der Waals surface area (Å²) in [6.45, 7) is 4.02. The summed E-state index contributed by atoms with van der Waals surface area (Å²) < 4.78 is 67.3. The van der Waals surface area contributed by atoms with Crippen LogP contribution in [0, 0.1) is 5.92 Å². The minimum absolute atomic E-state index is 0.0201. The number of amides is 2. The molecule has 8 rings (SSSR count). The highest BCUT2D eigenvalue weighted by Gasteiger charge is 2.66. The lowest BCUT2D eigenvalue weighted by Gasteiger charge is -2.31. The van der Waals surface area contributed by atoms with Gasteiger partial charge in [-0.1, -0.05) is 55.3 Å². The van der Waals surface area contributed by atoms with E-state index in [-0.39, 0.29) is 31.6 Å². The lowest BCUT2D eigenvalue weighted by Crippen LogP contribution is -2.53. The Morgan fingerprint density at radius 1 is 1.02 bits per heavy atom. The number of halogens is 3. The van der Waals surface area contributed by atoms with Gasteiger partial charge in [-0.05, 0) is 81.5 Å². The molecule has 2 fully saturated rings. The quantitative estimate of drug-likeness (QED) is 0.0744. The van der Waals surface area contributed by atoms with Gasteiger partial charge in [0, 0.05) is 47.0 Å². The van der Waals surface area contributed by atoms with Gasteiger partial charge in [0.1, 0.15) is 40.7 Å². The van der Waals surface area contributed by atoms with Crippen LogP contribution >= 0.6 is 18.7 Å². The van der Waals surface area contributed by atoms with Gasteiger partial charge in [-0.3, -0.25) is 14.2 Å². The van der Waals surface area contributed by atoms with E-state index in [4.69, 9.17) is 19.4 Å². The van der Waals surface area contributed by atoms with Gasteiger partial charge in [-0.15, -0.1) is 11.3 Å². The Kier molecular flexibility index (Phi) is 13.1. The number of fused-ring (bicyclic) bond motifs is 3. The number of aromatic nitrogens is 2. The van der Waals surface area contributed by atoms with Crippen LogP contribution in [0.3, 0.4) is 0 Å². The van der Waals surface area contributed by atoms with Crippen LogP contribution in [-0.4, -0.2) is 74.7 Å². The number of alkyl halides is 3. The zero-order valence-electron chi connectivity index (χ0n) is 35.8. The molecule has 4 N–H and O–H groups in total. The number of pyridine rings is 1. The lowest BCUT2D eigenvalue weighted by molar-refractivity contribution is -0.139. The Balaban J connectivity index is 1.15. The van der Waals surface area contributed by atoms with Crippen molar-refractivity contribution in [2.75, 3.05) is 24.3 Å². The van der Waals surface area contributed by atoms with Gasteiger partial charge in [-0.25, -0.2) is 9.97 Å². The van der Waals surface area contributed by atoms with Gasteiger partial charge in [0.15, 0.2) is 5.13 Å². The predicted octanol–water partition coefficient (Wildman–Crippen LogP) is 9.86. The molecule has 3 aromatic carbocycles. The Hall–Kier alpha value is -5.44. The first-order valence-corrected chi connectivity index (χ1v) is 24.3. The molecule has 4 heterocycles. The van der Waals surface area contributed by atoms with E-state index >= 15 is 0 Å². The third kappa shape index (κ3) is 9.94. The van der Waals surface area contributed by atoms with Crippen LogP contribution in [0.25, 0.3) is 22.3 Å². The first kappa shape index (κ1) is 45.1. The molecule has 17 heteroatoms. The van der Waals surface area contributed by atoms with Crippen molar-refractivity contribution in [3.8, 4) is 22.9 Å². The Morgan fingerprint density at radius 2 is 1.80 bits per heavy atom. The average molecular weight is 917 g/mol. The number of allylic oxidation sites excluding steroid dienone is 1. The number of nitrogens with zero attached hydrogens (tertiary/aromatic N) is 3. The molecule has 5 aromatic rings. The van der Waals surface area contributed by atoms with Crippen LogP contribution in [0.15, 0.2) is 96.4 Å². The van der Waals surface area contributed by atoms with Crippen molar-refractivity contribution in [1.82, 2.24) is 20.2 Å². The molecule has 2 aliphatic heterocycles. The molecule has 0 bridgehead atoms. The maximum absolute atomic E-state index is 14.9. The van der Waals surface area contributed by atoms with Gasteiger partial charge in [0.25, 0.3) is 0 Å². The van der Waals surface area contributed by atoms with E-state index < -0.39 is 60.3 Å². The molecule has 12 nitrogen and oxygen atoms in total. The Morgan fingerprint density at radius 3 is 2.53 bits per heavy atom. The number of carbonyl (C=O) groups is 2. The molecule has 64 heavy (non-hydrogen) atoms. The first-order valence-electron chi connectivity index (χ1n) is 21.6. The second-order valence-electron chi connectivity index (χ2n) is 17.1. The number of ether oxygens (including phenoxy) is 2. The van der Waals surface area contributed by atoms with E-state index in [1.165, 1.54) is 28.4 Å². The summed E-state index contributed by atoms with van der Waals surface area (Å²) in [5, 5.41) is 11.4. The van der Waals surface area contributed by atoms with E-state index in [0.29, 0.717) is 64.3 Å². The van der Waals surface area contributed by atoms with Crippen LogP contribution in [0.5, 0.6) is 11.5 Å². The highest BCUT2D eigenvalue weighted by atomic mass is 32.1. The third-order valence-electron chi connectivity index (χ3n) is 12.1. The zero-order valence-corrected chi connectivity index (χ0v) is 37.5. The van der Waals surface area contributed by atoms with Crippen molar-refractivity contribution in [1.29, 1.82) is 0 Å². The summed E-state index contributed by atoms with van der Waals surface area (Å²) >= 11 is 1.45. The molecular weight excluding hydrogens is 865 g/mol. The maximum atomic E-state index is 14.9. The number of methoxy groups -OCH3 is 1. The number of hydrogen-bond acceptors (Lipinski definition) is 10. The summed E-state index contributed by atoms with van der Waals surface area (Å²) in [6, 6.07) is 18.9. The molecule has 1 aliphatic carbocycles. The highest BCUT2D eigenvalue weighted by Crippen LogP contribution is 2.71. The SMILES string of the molecule is COc1ccc2c(O[C@@H]3C[C@H]4C(=O)N[C@]5(P(=O)(O)Cc6ccccc6)C[C@H]5C=CCCCCC[C@H](Nc5ccc(C(F)(F)F)cc5)C(=O)N4C3)cc(-c3csc(NC(C)C)n3)nc2c1. The molecule has 2 aromatic heterocycles. The van der Waals surface area contributed by atoms with Crippen LogP contribution in [-0.2, 0) is 26.5 Å². The maximum Gasteiger partial charge on any atom is 0.416 e. The normalized spacial score (nSPS) is 23.9. The first-order chi connectivity index (χ1) is 30.6. The zero-order chi connectivity index (χ0) is 45.2. The fraction of sp³-hybridized carbons (Fsp3) is 0.404. The number of carbonyl (C=O) groups excluding carboxylic acids is 2. The van der Waals surface area contributed by atoms with E-state index in [1.54, 1.807) is 49.6 Å². The van der Waals surface area contributed by atoms with Crippen molar-refractivity contribution in [3.05, 3.63) is 108 Å². The van der Waals surface area contributed by atoms with Crippen molar-refractivity contribution in [2.24, 2.45) is 5.92 Å². The van der Waals surface area contributed by atoms with Crippen LogP contribution in [0.2, 0.25) is 0 Å². The molecule has 6 atom stereocenters. The Bertz CT molecular complexity index is 2560. The molecule has 1 saturated heterocycles. The smallest absolute Gasteiger partial charge is 0.416 e. The standard InChI is InChI=1S/C47H52F3N6O6PS/c1-29(2)51-45-54-40(28-64-45)39-24-42(36-21-20-34(61-3)22-38(36)53-39)62-35-23-41-43(57)55-46(63(59,60)27-30-12-8-7-9-13-30)25-32(46)14-10-5-4-6-11-15-37(44(58)56(41)26-35)52-33-18-16-31(17-19-33)47(48,49)50/h7-10,12-14,16-22,24,28-29,32,35,37,41,52H,4-6,11,15,23,25-27H2,1-3H3,(H,51,54)(H,55,57)(H,59,60)/t32-,35-,37+,41+,46+/m1/s1. The van der Waals surface area contributed by atoms with Crippen molar-refractivity contribution in [3.63, 3.8) is 0 Å². The molecule has 0 spiro atoms. The second kappa shape index (κ2) is 18.6. The van der Waals surface area contributed by atoms with Crippen LogP contribution in [0.1, 0.15) is 69.9 Å². The van der Waals surface area contributed by atoms with Crippen LogP contribution < -0.4 is 25.4 Å². The number of thiazole rings is 1. The summed E-state index contributed by atoms with van der Waals surface area (Å²) in [4.78, 5) is 52.8.